The number of hydrogen-bond acceptors (Lipinski definition) is 4. The van der Waals surface area contributed by atoms with Crippen molar-refractivity contribution in [1.82, 2.24) is 10.2 Å². The topological polar surface area (TPSA) is 95.9 Å². The predicted octanol–water partition coefficient (Wildman–Crippen LogP) is 3.66. The number of rotatable bonds is 6. The Morgan fingerprint density at radius 1 is 1.25 bits per heavy atom. The van der Waals surface area contributed by atoms with E-state index in [4.69, 9.17) is 21.4 Å². The van der Waals surface area contributed by atoms with E-state index >= 15 is 0 Å². The summed E-state index contributed by atoms with van der Waals surface area (Å²) < 4.78 is 6.58. The van der Waals surface area contributed by atoms with E-state index in [1.807, 2.05) is 18.2 Å². The number of carbonyl (C=O) groups excluding carboxylic acids is 2. The Balaban J connectivity index is 1.86. The second-order valence-corrected chi connectivity index (χ2v) is 7.16. The fourth-order valence-electron chi connectivity index (χ4n) is 2.54. The molecular formula is C19H14BrClN2O5. The molecule has 0 aromatic heterocycles. The molecule has 0 aliphatic carbocycles. The van der Waals surface area contributed by atoms with Crippen LogP contribution >= 0.6 is 27.5 Å². The zero-order chi connectivity index (χ0) is 20.3. The normalized spacial score (nSPS) is 15.1. The molecule has 1 aliphatic rings. The van der Waals surface area contributed by atoms with E-state index in [2.05, 4.69) is 21.2 Å². The van der Waals surface area contributed by atoms with Crippen molar-refractivity contribution < 1.29 is 24.2 Å². The Morgan fingerprint density at radius 2 is 2.00 bits per heavy atom. The molecule has 0 unspecified atom stereocenters. The van der Waals surface area contributed by atoms with E-state index in [1.165, 1.54) is 6.08 Å². The van der Waals surface area contributed by atoms with Gasteiger partial charge in [0.05, 0.1) is 0 Å². The summed E-state index contributed by atoms with van der Waals surface area (Å²) in [6, 6.07) is 11.7. The van der Waals surface area contributed by atoms with Crippen LogP contribution in [0.5, 0.6) is 5.75 Å². The lowest BCUT2D eigenvalue weighted by Crippen LogP contribution is -2.35. The van der Waals surface area contributed by atoms with Crippen molar-refractivity contribution in [3.05, 3.63) is 68.8 Å². The molecule has 144 valence electrons. The molecule has 0 saturated carbocycles. The van der Waals surface area contributed by atoms with Gasteiger partial charge in [0.2, 0.25) is 0 Å². The van der Waals surface area contributed by atoms with Gasteiger partial charge >= 0.3 is 12.0 Å². The first-order chi connectivity index (χ1) is 13.3. The summed E-state index contributed by atoms with van der Waals surface area (Å²) in [7, 11) is 0. The van der Waals surface area contributed by atoms with Crippen LogP contribution in [0.1, 0.15) is 11.1 Å². The van der Waals surface area contributed by atoms with Gasteiger partial charge < -0.3 is 15.2 Å². The number of hydrogen-bond donors (Lipinski definition) is 2. The van der Waals surface area contributed by atoms with Crippen molar-refractivity contribution in [3.8, 4) is 5.75 Å². The Labute approximate surface area is 173 Å². The van der Waals surface area contributed by atoms with Crippen molar-refractivity contribution in [3.63, 3.8) is 0 Å². The summed E-state index contributed by atoms with van der Waals surface area (Å²) in [4.78, 5) is 35.6. The number of carbonyl (C=O) groups is 3. The van der Waals surface area contributed by atoms with E-state index < -0.39 is 24.5 Å². The van der Waals surface area contributed by atoms with E-state index in [9.17, 15) is 14.4 Å². The minimum Gasteiger partial charge on any atom is -0.488 e. The number of imide groups is 1. The van der Waals surface area contributed by atoms with Crippen molar-refractivity contribution in [2.24, 2.45) is 0 Å². The monoisotopic (exact) mass is 464 g/mol. The molecule has 0 atom stereocenters. The number of halogens is 2. The first-order valence-electron chi connectivity index (χ1n) is 8.07. The zero-order valence-corrected chi connectivity index (χ0v) is 16.7. The number of carboxylic acids is 1. The summed E-state index contributed by atoms with van der Waals surface area (Å²) in [5.74, 6) is -1.53. The molecule has 3 rings (SSSR count). The van der Waals surface area contributed by atoms with Crippen molar-refractivity contribution in [2.75, 3.05) is 6.54 Å². The summed E-state index contributed by atoms with van der Waals surface area (Å²) in [6.07, 6.45) is 1.44. The second-order valence-electron chi connectivity index (χ2n) is 5.84. The second kappa shape index (κ2) is 8.45. The largest absolute Gasteiger partial charge is 0.488 e. The number of carboxylic acid groups (broad SMARTS) is 1. The van der Waals surface area contributed by atoms with Crippen LogP contribution in [0.15, 0.2) is 52.6 Å². The van der Waals surface area contributed by atoms with Crippen molar-refractivity contribution in [2.45, 2.75) is 6.61 Å². The molecule has 1 saturated heterocycles. The van der Waals surface area contributed by atoms with E-state index in [1.54, 1.807) is 24.3 Å². The van der Waals surface area contributed by atoms with Crippen molar-refractivity contribution >= 4 is 51.5 Å². The third-order valence-corrected chi connectivity index (χ3v) is 4.73. The number of urea groups is 1. The van der Waals surface area contributed by atoms with Crippen LogP contribution in [0.25, 0.3) is 6.08 Å². The molecule has 0 radical (unpaired) electrons. The molecule has 9 heteroatoms. The molecule has 28 heavy (non-hydrogen) atoms. The highest BCUT2D eigenvalue weighted by Crippen LogP contribution is 2.28. The quantitative estimate of drug-likeness (QED) is 0.501. The average molecular weight is 466 g/mol. The maximum atomic E-state index is 12.3. The van der Waals surface area contributed by atoms with Gasteiger partial charge in [-0.2, -0.15) is 0 Å². The Hall–Kier alpha value is -2.84. The summed E-state index contributed by atoms with van der Waals surface area (Å²) >= 11 is 9.50. The van der Waals surface area contributed by atoms with Gasteiger partial charge in [0.25, 0.3) is 5.91 Å². The molecule has 7 nitrogen and oxygen atoms in total. The molecule has 0 bridgehead atoms. The molecule has 2 N–H and O–H groups in total. The molecule has 2 aromatic carbocycles. The average Bonchev–Trinajstić information content (AvgIpc) is 2.89. The van der Waals surface area contributed by atoms with Crippen LogP contribution in [-0.2, 0) is 16.2 Å². The molecule has 1 fully saturated rings. The number of aliphatic carboxylic acids is 1. The van der Waals surface area contributed by atoms with Gasteiger partial charge in [0.15, 0.2) is 0 Å². The maximum Gasteiger partial charge on any atom is 0.329 e. The van der Waals surface area contributed by atoms with Gasteiger partial charge in [-0.15, -0.1) is 0 Å². The summed E-state index contributed by atoms with van der Waals surface area (Å²) in [5, 5.41) is 11.8. The lowest BCUT2D eigenvalue weighted by molar-refractivity contribution is -0.140. The van der Waals surface area contributed by atoms with Crippen LogP contribution in [0.4, 0.5) is 4.79 Å². The summed E-state index contributed by atoms with van der Waals surface area (Å²) in [5.41, 5.74) is 1.29. The van der Waals surface area contributed by atoms with Crippen LogP contribution in [-0.4, -0.2) is 34.5 Å². The lowest BCUT2D eigenvalue weighted by atomic mass is 10.1. The SMILES string of the molecule is O=C(O)CN1C(=O)N/C(=C/c2cc(Br)ccc2OCc2ccccc2Cl)C1=O. The van der Waals surface area contributed by atoms with Crippen LogP contribution < -0.4 is 10.1 Å². The fourth-order valence-corrected chi connectivity index (χ4v) is 3.11. The number of ether oxygens (including phenoxy) is 1. The van der Waals surface area contributed by atoms with Crippen LogP contribution in [0, 0.1) is 0 Å². The highest BCUT2D eigenvalue weighted by atomic mass is 79.9. The highest BCUT2D eigenvalue weighted by Gasteiger charge is 2.35. The van der Waals surface area contributed by atoms with Crippen molar-refractivity contribution in [1.29, 1.82) is 0 Å². The van der Waals surface area contributed by atoms with Gasteiger partial charge in [-0.25, -0.2) is 9.69 Å². The third-order valence-electron chi connectivity index (χ3n) is 3.87. The minimum atomic E-state index is -1.28. The Bertz CT molecular complexity index is 992. The Morgan fingerprint density at radius 3 is 2.71 bits per heavy atom. The maximum absolute atomic E-state index is 12.3. The molecule has 0 spiro atoms. The van der Waals surface area contributed by atoms with Crippen LogP contribution in [0.2, 0.25) is 5.02 Å². The highest BCUT2D eigenvalue weighted by molar-refractivity contribution is 9.10. The van der Waals surface area contributed by atoms with Gasteiger partial charge in [-0.1, -0.05) is 45.7 Å². The lowest BCUT2D eigenvalue weighted by Gasteiger charge is -2.11. The predicted molar refractivity (Wildman–Crippen MR) is 106 cm³/mol. The number of nitrogens with zero attached hydrogens (tertiary/aromatic N) is 1. The number of benzene rings is 2. The van der Waals surface area contributed by atoms with E-state index in [-0.39, 0.29) is 12.3 Å². The standard InChI is InChI=1S/C19H14BrClN2O5/c20-13-5-6-16(28-10-11-3-1-2-4-14(11)21)12(7-13)8-15-18(26)23(9-17(24)25)19(27)22-15/h1-8H,9-10H2,(H,22,27)(H,24,25)/b15-8+. The van der Waals surface area contributed by atoms with Gasteiger partial charge in [-0.05, 0) is 30.3 Å². The molecule has 3 amide bonds. The van der Waals surface area contributed by atoms with E-state index in [0.717, 1.165) is 10.0 Å². The first-order valence-corrected chi connectivity index (χ1v) is 9.24. The smallest absolute Gasteiger partial charge is 0.329 e. The fraction of sp³-hybridized carbons (Fsp3) is 0.105. The van der Waals surface area contributed by atoms with Gasteiger partial charge in [0.1, 0.15) is 24.6 Å². The molecule has 1 aliphatic heterocycles. The van der Waals surface area contributed by atoms with E-state index in [0.29, 0.717) is 21.2 Å². The number of amides is 3. The third kappa shape index (κ3) is 4.52. The molecule has 2 aromatic rings. The minimum absolute atomic E-state index is 0.0352. The van der Waals surface area contributed by atoms with Gasteiger partial charge in [-0.3, -0.25) is 9.59 Å². The zero-order valence-electron chi connectivity index (χ0n) is 14.3. The Kier molecular flexibility index (Phi) is 6.01. The van der Waals surface area contributed by atoms with Crippen LogP contribution in [0.3, 0.4) is 0 Å². The molecule has 1 heterocycles. The summed E-state index contributed by atoms with van der Waals surface area (Å²) in [6.45, 7) is -0.501. The number of nitrogens with one attached hydrogen (secondary N) is 1. The molecular weight excluding hydrogens is 452 g/mol. The first kappa shape index (κ1) is 19.9. The van der Waals surface area contributed by atoms with Gasteiger partial charge in [0, 0.05) is 20.6 Å².